The molecule has 0 unspecified atom stereocenters. The lowest BCUT2D eigenvalue weighted by atomic mass is 10.2. The molecule has 0 aliphatic heterocycles. The molecule has 0 spiro atoms. The molecule has 1 heterocycles. The maximum Gasteiger partial charge on any atom is 0.244 e. The van der Waals surface area contributed by atoms with E-state index in [0.717, 1.165) is 16.3 Å². The van der Waals surface area contributed by atoms with Crippen molar-refractivity contribution in [1.29, 1.82) is 0 Å². The van der Waals surface area contributed by atoms with Crippen LogP contribution in [0.3, 0.4) is 0 Å². The van der Waals surface area contributed by atoms with Gasteiger partial charge in [0.2, 0.25) is 5.91 Å². The van der Waals surface area contributed by atoms with Crippen molar-refractivity contribution in [3.8, 4) is 0 Å². The van der Waals surface area contributed by atoms with Crippen LogP contribution < -0.4 is 5.32 Å². The molecule has 0 aliphatic rings. The van der Waals surface area contributed by atoms with Gasteiger partial charge in [-0.2, -0.15) is 0 Å². The second-order valence-electron chi connectivity index (χ2n) is 4.31. The van der Waals surface area contributed by atoms with Gasteiger partial charge in [-0.3, -0.25) is 4.79 Å². The average Bonchev–Trinajstić information content (AvgIpc) is 2.52. The predicted octanol–water partition coefficient (Wildman–Crippen LogP) is 4.31. The van der Waals surface area contributed by atoms with Crippen LogP contribution in [0.5, 0.6) is 0 Å². The van der Waals surface area contributed by atoms with Crippen LogP contribution in [0.25, 0.3) is 6.08 Å². The molecule has 1 aromatic carbocycles. The maximum atomic E-state index is 11.7. The summed E-state index contributed by atoms with van der Waals surface area (Å²) in [5.41, 5.74) is 0.754. The summed E-state index contributed by atoms with van der Waals surface area (Å²) < 4.78 is 0. The summed E-state index contributed by atoms with van der Waals surface area (Å²) in [6.45, 7) is 0.568. The van der Waals surface area contributed by atoms with E-state index in [-0.39, 0.29) is 5.91 Å². The number of carbonyl (C=O) groups excluding carboxylic acids is 1. The number of carbonyl (C=O) groups is 1. The molecule has 0 radical (unpaired) electrons. The number of nitrogens with one attached hydrogen (secondary N) is 1. The minimum atomic E-state index is -0.160. The average molecular weight is 353 g/mol. The Morgan fingerprint density at radius 1 is 1.27 bits per heavy atom. The molecule has 1 N–H and O–H groups in total. The normalized spacial score (nSPS) is 10.8. The van der Waals surface area contributed by atoms with E-state index >= 15 is 0 Å². The Morgan fingerprint density at radius 3 is 2.86 bits per heavy atom. The summed E-state index contributed by atoms with van der Waals surface area (Å²) in [6, 6.07) is 10.9. The fourth-order valence-electron chi connectivity index (χ4n) is 1.62. The molecule has 0 bridgehead atoms. The fourth-order valence-corrected chi connectivity index (χ4v) is 2.82. The van der Waals surface area contributed by atoms with Gasteiger partial charge in [0, 0.05) is 34.6 Å². The highest BCUT2D eigenvalue weighted by Gasteiger charge is 2.00. The molecule has 6 heteroatoms. The van der Waals surface area contributed by atoms with Crippen LogP contribution in [0.4, 0.5) is 0 Å². The quantitative estimate of drug-likeness (QED) is 0.478. The highest BCUT2D eigenvalue weighted by molar-refractivity contribution is 7.99. The number of amides is 1. The lowest BCUT2D eigenvalue weighted by molar-refractivity contribution is -0.116. The van der Waals surface area contributed by atoms with Crippen LogP contribution in [-0.4, -0.2) is 23.2 Å². The van der Waals surface area contributed by atoms with Crippen molar-refractivity contribution in [3.05, 3.63) is 64.3 Å². The standard InChI is InChI=1S/C16H14Cl2N2OS/c17-13-6-4-12(14(18)11-13)5-7-15(21)19-9-10-22-16-3-1-2-8-20-16/h1-8,11H,9-10H2,(H,19,21). The first-order chi connectivity index (χ1) is 10.6. The first-order valence-electron chi connectivity index (χ1n) is 6.60. The Hall–Kier alpha value is -1.49. The van der Waals surface area contributed by atoms with Gasteiger partial charge in [-0.1, -0.05) is 35.3 Å². The Balaban J connectivity index is 1.74. The topological polar surface area (TPSA) is 42.0 Å². The third kappa shape index (κ3) is 5.72. The largest absolute Gasteiger partial charge is 0.352 e. The molecule has 2 aromatic rings. The third-order valence-electron chi connectivity index (χ3n) is 2.67. The number of hydrogen-bond acceptors (Lipinski definition) is 3. The number of thioether (sulfide) groups is 1. The molecule has 1 amide bonds. The second kappa shape index (κ2) is 8.83. The molecule has 3 nitrogen and oxygen atoms in total. The monoisotopic (exact) mass is 352 g/mol. The number of aromatic nitrogens is 1. The van der Waals surface area contributed by atoms with Crippen LogP contribution in [0.15, 0.2) is 53.7 Å². The van der Waals surface area contributed by atoms with E-state index in [2.05, 4.69) is 10.3 Å². The van der Waals surface area contributed by atoms with Crippen LogP contribution in [0.1, 0.15) is 5.56 Å². The number of rotatable bonds is 6. The zero-order valence-electron chi connectivity index (χ0n) is 11.6. The van der Waals surface area contributed by atoms with E-state index in [1.165, 1.54) is 6.08 Å². The van der Waals surface area contributed by atoms with E-state index < -0.39 is 0 Å². The molecule has 1 aromatic heterocycles. The van der Waals surface area contributed by atoms with E-state index in [1.807, 2.05) is 18.2 Å². The highest BCUT2D eigenvalue weighted by atomic mass is 35.5. The van der Waals surface area contributed by atoms with Gasteiger partial charge < -0.3 is 5.32 Å². The Morgan fingerprint density at radius 2 is 2.14 bits per heavy atom. The van der Waals surface area contributed by atoms with Gasteiger partial charge in [0.15, 0.2) is 0 Å². The second-order valence-corrected chi connectivity index (χ2v) is 6.27. The molecular formula is C16H14Cl2N2OS. The number of halogens is 2. The van der Waals surface area contributed by atoms with Crippen molar-refractivity contribution in [2.24, 2.45) is 0 Å². The molecule has 0 saturated heterocycles. The molecule has 0 fully saturated rings. The zero-order chi connectivity index (χ0) is 15.8. The van der Waals surface area contributed by atoms with Crippen LogP contribution in [-0.2, 0) is 4.79 Å². The van der Waals surface area contributed by atoms with Crippen molar-refractivity contribution in [2.75, 3.05) is 12.3 Å². The fraction of sp³-hybridized carbons (Fsp3) is 0.125. The summed E-state index contributed by atoms with van der Waals surface area (Å²) in [6.07, 6.45) is 4.87. The summed E-state index contributed by atoms with van der Waals surface area (Å²) in [7, 11) is 0. The van der Waals surface area contributed by atoms with E-state index in [9.17, 15) is 4.79 Å². The highest BCUT2D eigenvalue weighted by Crippen LogP contribution is 2.21. The zero-order valence-corrected chi connectivity index (χ0v) is 14.0. The number of hydrogen-bond donors (Lipinski definition) is 1. The number of nitrogens with zero attached hydrogens (tertiary/aromatic N) is 1. The van der Waals surface area contributed by atoms with Crippen molar-refractivity contribution in [1.82, 2.24) is 10.3 Å². The van der Waals surface area contributed by atoms with Crippen molar-refractivity contribution >= 4 is 46.9 Å². The van der Waals surface area contributed by atoms with Gasteiger partial charge in [0.05, 0.1) is 5.03 Å². The van der Waals surface area contributed by atoms with Crippen molar-refractivity contribution in [2.45, 2.75) is 5.03 Å². The molecule has 0 saturated carbocycles. The minimum absolute atomic E-state index is 0.160. The SMILES string of the molecule is O=C(C=Cc1ccc(Cl)cc1Cl)NCCSc1ccccn1. The van der Waals surface area contributed by atoms with Gasteiger partial charge in [-0.25, -0.2) is 4.98 Å². The Labute approximate surface area is 143 Å². The molecule has 114 valence electrons. The first kappa shape index (κ1) is 16.9. The molecule has 0 atom stereocenters. The van der Waals surface area contributed by atoms with E-state index in [1.54, 1.807) is 42.2 Å². The molecule has 0 aliphatic carbocycles. The predicted molar refractivity (Wildman–Crippen MR) is 93.5 cm³/mol. The lowest BCUT2D eigenvalue weighted by Crippen LogP contribution is -2.23. The first-order valence-corrected chi connectivity index (χ1v) is 8.34. The van der Waals surface area contributed by atoms with Crippen molar-refractivity contribution in [3.63, 3.8) is 0 Å². The lowest BCUT2D eigenvalue weighted by Gasteiger charge is -2.02. The summed E-state index contributed by atoms with van der Waals surface area (Å²) >= 11 is 13.4. The minimum Gasteiger partial charge on any atom is -0.352 e. The van der Waals surface area contributed by atoms with Gasteiger partial charge in [-0.05, 0) is 35.9 Å². The summed E-state index contributed by atoms with van der Waals surface area (Å²) in [5.74, 6) is 0.603. The van der Waals surface area contributed by atoms with Crippen LogP contribution >= 0.6 is 35.0 Å². The Bertz CT molecular complexity index is 662. The van der Waals surface area contributed by atoms with E-state index in [4.69, 9.17) is 23.2 Å². The third-order valence-corrected chi connectivity index (χ3v) is 4.17. The smallest absolute Gasteiger partial charge is 0.244 e. The van der Waals surface area contributed by atoms with Crippen LogP contribution in [0.2, 0.25) is 10.0 Å². The van der Waals surface area contributed by atoms with Crippen LogP contribution in [0, 0.1) is 0 Å². The maximum absolute atomic E-state index is 11.7. The molecular weight excluding hydrogens is 339 g/mol. The van der Waals surface area contributed by atoms with Gasteiger partial charge >= 0.3 is 0 Å². The molecule has 22 heavy (non-hydrogen) atoms. The van der Waals surface area contributed by atoms with Gasteiger partial charge in [0.25, 0.3) is 0 Å². The van der Waals surface area contributed by atoms with Gasteiger partial charge in [0.1, 0.15) is 0 Å². The van der Waals surface area contributed by atoms with Crippen molar-refractivity contribution < 1.29 is 4.79 Å². The summed E-state index contributed by atoms with van der Waals surface area (Å²) in [4.78, 5) is 15.9. The number of benzene rings is 1. The number of pyridine rings is 1. The Kier molecular flexibility index (Phi) is 6.77. The van der Waals surface area contributed by atoms with Gasteiger partial charge in [-0.15, -0.1) is 11.8 Å². The summed E-state index contributed by atoms with van der Waals surface area (Å²) in [5, 5.41) is 4.84. The van der Waals surface area contributed by atoms with E-state index in [0.29, 0.717) is 16.6 Å². The molecule has 2 rings (SSSR count).